The first kappa shape index (κ1) is 22.2. The van der Waals surface area contributed by atoms with Crippen molar-refractivity contribution < 1.29 is 19.1 Å². The number of carbonyl (C=O) groups is 2. The molecule has 1 aromatic carbocycles. The maximum absolute atomic E-state index is 13.3. The Morgan fingerprint density at radius 1 is 1.33 bits per heavy atom. The first-order valence-corrected chi connectivity index (χ1v) is 10.6. The summed E-state index contributed by atoms with van der Waals surface area (Å²) in [5.41, 5.74) is 6.09. The van der Waals surface area contributed by atoms with Crippen molar-refractivity contribution in [3.8, 4) is 0 Å². The van der Waals surface area contributed by atoms with E-state index in [2.05, 4.69) is 10.3 Å². The quantitative estimate of drug-likeness (QED) is 0.632. The molecule has 4 N–H and O–H groups in total. The van der Waals surface area contributed by atoms with Gasteiger partial charge in [0.1, 0.15) is 17.1 Å². The molecule has 1 aliphatic heterocycles. The van der Waals surface area contributed by atoms with Gasteiger partial charge in [0.25, 0.3) is 0 Å². The highest BCUT2D eigenvalue weighted by Crippen LogP contribution is 2.32. The Morgan fingerprint density at radius 3 is 2.63 bits per heavy atom. The summed E-state index contributed by atoms with van der Waals surface area (Å²) in [4.78, 5) is 32.2. The maximum atomic E-state index is 13.3. The number of carbonyl (C=O) groups excluding carboxylic acids is 2. The first-order chi connectivity index (χ1) is 14.2. The molecule has 0 spiro atoms. The SMILES string of the molecule is CC(C)[C@H](N)C(=O)N1CCC[C@H]1C(=O)NC(CO)(c1nc2ccccc2o1)C(C)C. The zero-order chi connectivity index (χ0) is 22.1. The molecular weight excluding hydrogens is 384 g/mol. The van der Waals surface area contributed by atoms with E-state index in [-0.39, 0.29) is 36.1 Å². The van der Waals surface area contributed by atoms with E-state index < -0.39 is 17.6 Å². The molecule has 2 amide bonds. The van der Waals surface area contributed by atoms with E-state index in [0.29, 0.717) is 24.1 Å². The lowest BCUT2D eigenvalue weighted by Gasteiger charge is -2.36. The average Bonchev–Trinajstić information content (AvgIpc) is 3.37. The van der Waals surface area contributed by atoms with Crippen LogP contribution in [0.1, 0.15) is 46.4 Å². The largest absolute Gasteiger partial charge is 0.438 e. The fourth-order valence-electron chi connectivity index (χ4n) is 3.88. The second kappa shape index (κ2) is 8.73. The Kier molecular flexibility index (Phi) is 6.47. The van der Waals surface area contributed by atoms with Gasteiger partial charge in [0.15, 0.2) is 5.58 Å². The summed E-state index contributed by atoms with van der Waals surface area (Å²) < 4.78 is 5.91. The lowest BCUT2D eigenvalue weighted by atomic mass is 9.86. The van der Waals surface area contributed by atoms with Crippen LogP contribution in [0.25, 0.3) is 11.1 Å². The number of amides is 2. The Morgan fingerprint density at radius 2 is 2.03 bits per heavy atom. The van der Waals surface area contributed by atoms with Gasteiger partial charge in [-0.2, -0.15) is 0 Å². The van der Waals surface area contributed by atoms with Crippen LogP contribution in [-0.2, 0) is 15.1 Å². The second-order valence-corrected chi connectivity index (χ2v) is 8.72. The molecule has 1 aliphatic rings. The standard InChI is InChI=1S/C22H32N4O4/c1-13(2)18(23)20(29)26-11-7-9-16(26)19(28)25-22(12-27,14(3)4)21-24-15-8-5-6-10-17(15)30-21/h5-6,8,10,13-14,16,18,27H,7,9,11-12,23H2,1-4H3,(H,25,28)/t16-,18-,22?/m0/s1. The monoisotopic (exact) mass is 416 g/mol. The Labute approximate surface area is 176 Å². The van der Waals surface area contributed by atoms with Gasteiger partial charge < -0.3 is 25.5 Å². The first-order valence-electron chi connectivity index (χ1n) is 10.6. The van der Waals surface area contributed by atoms with Gasteiger partial charge in [-0.25, -0.2) is 4.98 Å². The van der Waals surface area contributed by atoms with Gasteiger partial charge in [-0.05, 0) is 36.8 Å². The number of oxazole rings is 1. The van der Waals surface area contributed by atoms with Gasteiger partial charge >= 0.3 is 0 Å². The predicted octanol–water partition coefficient (Wildman–Crippen LogP) is 1.76. The summed E-state index contributed by atoms with van der Waals surface area (Å²) >= 11 is 0. The number of nitrogens with zero attached hydrogens (tertiary/aromatic N) is 2. The van der Waals surface area contributed by atoms with E-state index in [4.69, 9.17) is 10.2 Å². The highest BCUT2D eigenvalue weighted by Gasteiger charge is 2.45. The fraction of sp³-hybridized carbons (Fsp3) is 0.591. The number of para-hydroxylation sites is 2. The van der Waals surface area contributed by atoms with Crippen molar-refractivity contribution in [3.63, 3.8) is 0 Å². The van der Waals surface area contributed by atoms with Crippen LogP contribution in [-0.4, -0.2) is 52.0 Å². The van der Waals surface area contributed by atoms with Gasteiger partial charge in [-0.1, -0.05) is 39.8 Å². The Hall–Kier alpha value is -2.45. The van der Waals surface area contributed by atoms with E-state index >= 15 is 0 Å². The number of aliphatic hydroxyl groups excluding tert-OH is 1. The second-order valence-electron chi connectivity index (χ2n) is 8.72. The number of nitrogens with two attached hydrogens (primary N) is 1. The average molecular weight is 417 g/mol. The zero-order valence-electron chi connectivity index (χ0n) is 18.1. The Balaban J connectivity index is 1.89. The van der Waals surface area contributed by atoms with Crippen molar-refractivity contribution in [2.24, 2.45) is 17.6 Å². The third-order valence-corrected chi connectivity index (χ3v) is 6.10. The van der Waals surface area contributed by atoms with Crippen molar-refractivity contribution in [3.05, 3.63) is 30.2 Å². The molecule has 1 saturated heterocycles. The molecule has 30 heavy (non-hydrogen) atoms. The molecule has 2 aromatic rings. The van der Waals surface area contributed by atoms with Crippen LogP contribution in [0.2, 0.25) is 0 Å². The van der Waals surface area contributed by atoms with E-state index in [1.807, 2.05) is 45.9 Å². The van der Waals surface area contributed by atoms with Crippen LogP contribution < -0.4 is 11.1 Å². The van der Waals surface area contributed by atoms with Gasteiger partial charge in [0, 0.05) is 6.54 Å². The van der Waals surface area contributed by atoms with Crippen molar-refractivity contribution in [1.82, 2.24) is 15.2 Å². The minimum Gasteiger partial charge on any atom is -0.438 e. The van der Waals surface area contributed by atoms with E-state index in [1.165, 1.54) is 0 Å². The minimum atomic E-state index is -1.20. The third kappa shape index (κ3) is 3.94. The number of rotatable bonds is 7. The van der Waals surface area contributed by atoms with Crippen molar-refractivity contribution in [2.75, 3.05) is 13.2 Å². The predicted molar refractivity (Wildman–Crippen MR) is 113 cm³/mol. The van der Waals surface area contributed by atoms with Crippen LogP contribution in [0.3, 0.4) is 0 Å². The van der Waals surface area contributed by atoms with Crippen LogP contribution in [0, 0.1) is 11.8 Å². The van der Waals surface area contributed by atoms with Crippen molar-refractivity contribution >= 4 is 22.9 Å². The lowest BCUT2D eigenvalue weighted by Crippen LogP contribution is -2.59. The number of benzene rings is 1. The minimum absolute atomic E-state index is 0.0197. The zero-order valence-corrected chi connectivity index (χ0v) is 18.1. The maximum Gasteiger partial charge on any atom is 0.243 e. The third-order valence-electron chi connectivity index (χ3n) is 6.10. The Bertz CT molecular complexity index is 876. The van der Waals surface area contributed by atoms with Gasteiger partial charge in [-0.15, -0.1) is 0 Å². The van der Waals surface area contributed by atoms with Crippen LogP contribution in [0.5, 0.6) is 0 Å². The topological polar surface area (TPSA) is 122 Å². The number of likely N-dealkylation sites (tertiary alicyclic amines) is 1. The molecule has 3 atom stereocenters. The summed E-state index contributed by atoms with van der Waals surface area (Å²) in [5.74, 6) is -0.522. The molecule has 1 unspecified atom stereocenters. The number of nitrogens with one attached hydrogen (secondary N) is 1. The number of hydrogen-bond acceptors (Lipinski definition) is 6. The highest BCUT2D eigenvalue weighted by atomic mass is 16.4. The van der Waals surface area contributed by atoms with Gasteiger partial charge in [0.05, 0.1) is 12.6 Å². The lowest BCUT2D eigenvalue weighted by molar-refractivity contribution is -0.141. The molecule has 0 bridgehead atoms. The molecule has 164 valence electrons. The summed E-state index contributed by atoms with van der Waals surface area (Å²) in [5, 5.41) is 13.3. The van der Waals surface area contributed by atoms with E-state index in [9.17, 15) is 14.7 Å². The summed E-state index contributed by atoms with van der Waals surface area (Å²) in [7, 11) is 0. The smallest absolute Gasteiger partial charge is 0.243 e. The molecule has 0 saturated carbocycles. The van der Waals surface area contributed by atoms with Crippen molar-refractivity contribution in [2.45, 2.75) is 58.2 Å². The summed E-state index contributed by atoms with van der Waals surface area (Å²) in [6, 6.07) is 6.02. The van der Waals surface area contributed by atoms with E-state index in [0.717, 1.165) is 6.42 Å². The number of fused-ring (bicyclic) bond motifs is 1. The molecule has 0 radical (unpaired) electrons. The van der Waals surface area contributed by atoms with Crippen molar-refractivity contribution in [1.29, 1.82) is 0 Å². The highest BCUT2D eigenvalue weighted by molar-refractivity contribution is 5.90. The van der Waals surface area contributed by atoms with Crippen LogP contribution in [0.15, 0.2) is 28.7 Å². The summed E-state index contributed by atoms with van der Waals surface area (Å²) in [6.07, 6.45) is 1.28. The normalized spacial score (nSPS) is 20.0. The molecule has 8 heteroatoms. The molecule has 3 rings (SSSR count). The molecule has 0 aliphatic carbocycles. The molecule has 1 aromatic heterocycles. The van der Waals surface area contributed by atoms with Gasteiger partial charge in [0.2, 0.25) is 17.7 Å². The van der Waals surface area contributed by atoms with E-state index in [1.54, 1.807) is 11.0 Å². The molecule has 2 heterocycles. The number of hydrogen-bond donors (Lipinski definition) is 3. The molecular formula is C22H32N4O4. The van der Waals surface area contributed by atoms with Crippen LogP contribution >= 0.6 is 0 Å². The number of aliphatic hydroxyl groups is 1. The molecule has 8 nitrogen and oxygen atoms in total. The van der Waals surface area contributed by atoms with Gasteiger partial charge in [-0.3, -0.25) is 9.59 Å². The number of aromatic nitrogens is 1. The van der Waals surface area contributed by atoms with Crippen LogP contribution in [0.4, 0.5) is 0 Å². The summed E-state index contributed by atoms with van der Waals surface area (Å²) in [6.45, 7) is 7.66. The fourth-order valence-corrected chi connectivity index (χ4v) is 3.88. The molecule has 1 fully saturated rings.